The standard InChI is InChI=1S/C29H38N2O3/c1-20(16-29(32)23-4-7-24(30)17-23)22-5-10-27(11-6-22)34-28-14-15-31(18-28)25-8-12-26(13-9-25)33-19-21-2-3-21/h5-6,8-13,20-21,23-24,28H,2-4,7,14-19,30H2,1H3/t20-,23?,24-,28-/m1/s1. The average Bonchev–Trinajstić information content (AvgIpc) is 3.39. The zero-order chi connectivity index (χ0) is 23.5. The molecule has 2 saturated carbocycles. The number of anilines is 1. The van der Waals surface area contributed by atoms with Gasteiger partial charge in [0.05, 0.1) is 13.2 Å². The highest BCUT2D eigenvalue weighted by molar-refractivity contribution is 5.82. The van der Waals surface area contributed by atoms with E-state index in [4.69, 9.17) is 15.2 Å². The van der Waals surface area contributed by atoms with Gasteiger partial charge in [0.1, 0.15) is 23.4 Å². The molecule has 2 aromatic rings. The molecule has 0 bridgehead atoms. The molecule has 3 aliphatic rings. The molecule has 0 radical (unpaired) electrons. The Labute approximate surface area is 203 Å². The van der Waals surface area contributed by atoms with Crippen molar-refractivity contribution in [1.29, 1.82) is 0 Å². The zero-order valence-corrected chi connectivity index (χ0v) is 20.3. The summed E-state index contributed by atoms with van der Waals surface area (Å²) in [6.07, 6.45) is 7.20. The maximum atomic E-state index is 12.6. The van der Waals surface area contributed by atoms with Crippen molar-refractivity contribution < 1.29 is 14.3 Å². The number of ketones is 1. The van der Waals surface area contributed by atoms with Gasteiger partial charge in [0.25, 0.3) is 0 Å². The minimum atomic E-state index is 0.164. The van der Waals surface area contributed by atoms with Gasteiger partial charge in [0.2, 0.25) is 0 Å². The molecule has 5 nitrogen and oxygen atoms in total. The van der Waals surface area contributed by atoms with Gasteiger partial charge < -0.3 is 20.1 Å². The smallest absolute Gasteiger partial charge is 0.136 e. The van der Waals surface area contributed by atoms with Crippen molar-refractivity contribution in [3.8, 4) is 11.5 Å². The summed E-state index contributed by atoms with van der Waals surface area (Å²) < 4.78 is 12.1. The third kappa shape index (κ3) is 5.93. The van der Waals surface area contributed by atoms with Gasteiger partial charge in [-0.05, 0) is 85.9 Å². The van der Waals surface area contributed by atoms with E-state index in [0.29, 0.717) is 12.2 Å². The predicted octanol–water partition coefficient (Wildman–Crippen LogP) is 5.32. The third-order valence-corrected chi connectivity index (χ3v) is 7.72. The van der Waals surface area contributed by atoms with Crippen molar-refractivity contribution in [2.45, 2.75) is 69.9 Å². The van der Waals surface area contributed by atoms with Gasteiger partial charge in [-0.15, -0.1) is 0 Å². The molecule has 5 rings (SSSR count). The van der Waals surface area contributed by atoms with Crippen LogP contribution in [0.5, 0.6) is 11.5 Å². The number of Topliss-reactive ketones (excluding diaryl/α,β-unsaturated/α-hetero) is 1. The molecular formula is C29H38N2O3. The van der Waals surface area contributed by atoms with Crippen molar-refractivity contribution in [3.63, 3.8) is 0 Å². The van der Waals surface area contributed by atoms with Crippen LogP contribution in [-0.4, -0.2) is 37.6 Å². The Morgan fingerprint density at radius 1 is 1.00 bits per heavy atom. The number of carbonyl (C=O) groups is 1. The van der Waals surface area contributed by atoms with Gasteiger partial charge in [-0.3, -0.25) is 4.79 Å². The summed E-state index contributed by atoms with van der Waals surface area (Å²) in [5, 5.41) is 0. The van der Waals surface area contributed by atoms with Crippen molar-refractivity contribution >= 4 is 11.5 Å². The van der Waals surface area contributed by atoms with Gasteiger partial charge >= 0.3 is 0 Å². The van der Waals surface area contributed by atoms with Crippen LogP contribution in [0.15, 0.2) is 48.5 Å². The summed E-state index contributed by atoms with van der Waals surface area (Å²) in [4.78, 5) is 15.0. The van der Waals surface area contributed by atoms with Gasteiger partial charge in [0.15, 0.2) is 0 Å². The Morgan fingerprint density at radius 3 is 2.41 bits per heavy atom. The first-order chi connectivity index (χ1) is 16.5. The fraction of sp³-hybridized carbons (Fsp3) is 0.552. The molecule has 2 N–H and O–H groups in total. The van der Waals surface area contributed by atoms with Gasteiger partial charge in [-0.25, -0.2) is 0 Å². The molecule has 0 amide bonds. The molecule has 1 aliphatic heterocycles. The second-order valence-electron chi connectivity index (χ2n) is 10.6. The van der Waals surface area contributed by atoms with Crippen LogP contribution in [-0.2, 0) is 4.79 Å². The summed E-state index contributed by atoms with van der Waals surface area (Å²) in [5.74, 6) is 3.39. The van der Waals surface area contributed by atoms with E-state index in [-0.39, 0.29) is 24.0 Å². The molecular weight excluding hydrogens is 424 g/mol. The van der Waals surface area contributed by atoms with Crippen LogP contribution in [0, 0.1) is 11.8 Å². The normalized spacial score (nSPS) is 25.4. The minimum absolute atomic E-state index is 0.164. The maximum absolute atomic E-state index is 12.6. The van der Waals surface area contributed by atoms with Crippen molar-refractivity contribution in [3.05, 3.63) is 54.1 Å². The second-order valence-corrected chi connectivity index (χ2v) is 10.6. The number of hydrogen-bond acceptors (Lipinski definition) is 5. The molecule has 34 heavy (non-hydrogen) atoms. The summed E-state index contributed by atoms with van der Waals surface area (Å²) in [5.41, 5.74) is 8.40. The summed E-state index contributed by atoms with van der Waals surface area (Å²) >= 11 is 0. The first kappa shape index (κ1) is 23.2. The molecule has 1 unspecified atom stereocenters. The maximum Gasteiger partial charge on any atom is 0.136 e. The zero-order valence-electron chi connectivity index (χ0n) is 20.3. The van der Waals surface area contributed by atoms with E-state index in [0.717, 1.165) is 62.8 Å². The number of benzene rings is 2. The molecule has 2 aromatic carbocycles. The Morgan fingerprint density at radius 2 is 1.74 bits per heavy atom. The van der Waals surface area contributed by atoms with Crippen molar-refractivity contribution in [1.82, 2.24) is 0 Å². The lowest BCUT2D eigenvalue weighted by molar-refractivity contribution is -0.123. The molecule has 0 spiro atoms. The van der Waals surface area contributed by atoms with Crippen LogP contribution in [0.4, 0.5) is 5.69 Å². The highest BCUT2D eigenvalue weighted by Crippen LogP contribution is 2.32. The lowest BCUT2D eigenvalue weighted by Crippen LogP contribution is -2.24. The molecule has 1 heterocycles. The van der Waals surface area contributed by atoms with E-state index in [1.807, 2.05) is 0 Å². The Balaban J connectivity index is 1.09. The highest BCUT2D eigenvalue weighted by Gasteiger charge is 2.29. The first-order valence-electron chi connectivity index (χ1n) is 13.1. The van der Waals surface area contributed by atoms with Crippen LogP contribution < -0.4 is 20.1 Å². The lowest BCUT2D eigenvalue weighted by Gasteiger charge is -2.20. The monoisotopic (exact) mass is 462 g/mol. The number of rotatable bonds is 10. The van der Waals surface area contributed by atoms with Crippen LogP contribution in [0.1, 0.15) is 63.4 Å². The summed E-state index contributed by atoms with van der Waals surface area (Å²) in [6.45, 7) is 4.87. The lowest BCUT2D eigenvalue weighted by atomic mass is 9.90. The van der Waals surface area contributed by atoms with E-state index in [1.165, 1.54) is 24.1 Å². The number of ether oxygens (including phenoxy) is 2. The molecule has 2 aliphatic carbocycles. The predicted molar refractivity (Wildman–Crippen MR) is 136 cm³/mol. The highest BCUT2D eigenvalue weighted by atomic mass is 16.5. The van der Waals surface area contributed by atoms with Gasteiger partial charge in [-0.1, -0.05) is 19.1 Å². The summed E-state index contributed by atoms with van der Waals surface area (Å²) in [7, 11) is 0. The molecule has 3 fully saturated rings. The number of hydrogen-bond donors (Lipinski definition) is 1. The van der Waals surface area contributed by atoms with Gasteiger partial charge in [0, 0.05) is 37.0 Å². The van der Waals surface area contributed by atoms with E-state index < -0.39 is 0 Å². The fourth-order valence-corrected chi connectivity index (χ4v) is 5.27. The molecule has 1 saturated heterocycles. The van der Waals surface area contributed by atoms with Crippen LogP contribution in [0.3, 0.4) is 0 Å². The van der Waals surface area contributed by atoms with E-state index in [2.05, 4.69) is 60.4 Å². The Kier molecular flexibility index (Phi) is 7.10. The molecule has 182 valence electrons. The fourth-order valence-electron chi connectivity index (χ4n) is 5.27. The number of nitrogens with zero attached hydrogens (tertiary/aromatic N) is 1. The van der Waals surface area contributed by atoms with E-state index in [1.54, 1.807) is 0 Å². The Bertz CT molecular complexity index is 954. The molecule has 0 aromatic heterocycles. The third-order valence-electron chi connectivity index (χ3n) is 7.72. The molecule has 5 heteroatoms. The van der Waals surface area contributed by atoms with E-state index >= 15 is 0 Å². The second kappa shape index (κ2) is 10.4. The SMILES string of the molecule is C[C@H](CC(=O)C1CC[C@@H](N)C1)c1ccc(O[C@@H]2CCN(c3ccc(OCC4CC4)cc3)C2)cc1. The number of carbonyl (C=O) groups excluding carboxylic acids is 1. The van der Waals surface area contributed by atoms with Crippen LogP contribution >= 0.6 is 0 Å². The molecule has 4 atom stereocenters. The Hall–Kier alpha value is -2.53. The van der Waals surface area contributed by atoms with Crippen molar-refractivity contribution in [2.24, 2.45) is 17.6 Å². The van der Waals surface area contributed by atoms with Crippen LogP contribution in [0.2, 0.25) is 0 Å². The first-order valence-corrected chi connectivity index (χ1v) is 13.1. The van der Waals surface area contributed by atoms with Crippen LogP contribution in [0.25, 0.3) is 0 Å². The largest absolute Gasteiger partial charge is 0.493 e. The quantitative estimate of drug-likeness (QED) is 0.517. The van der Waals surface area contributed by atoms with Crippen molar-refractivity contribution in [2.75, 3.05) is 24.6 Å². The van der Waals surface area contributed by atoms with Gasteiger partial charge in [-0.2, -0.15) is 0 Å². The minimum Gasteiger partial charge on any atom is -0.493 e. The average molecular weight is 463 g/mol. The number of nitrogens with two attached hydrogens (primary N) is 1. The topological polar surface area (TPSA) is 64.8 Å². The van der Waals surface area contributed by atoms with E-state index in [9.17, 15) is 4.79 Å². The summed E-state index contributed by atoms with van der Waals surface area (Å²) in [6, 6.07) is 17.0.